The fourth-order valence-corrected chi connectivity index (χ4v) is 2.41. The summed E-state index contributed by atoms with van der Waals surface area (Å²) in [5, 5.41) is 3.53. The molecule has 1 N–H and O–H groups in total. The zero-order valence-corrected chi connectivity index (χ0v) is 10.2. The van der Waals surface area contributed by atoms with Crippen molar-refractivity contribution in [3.63, 3.8) is 0 Å². The standard InChI is InChI=1S/C14H19NO2/c1-17-14(16)10-12-8-5-9-13(15-12)11-6-3-2-4-7-11/h2-4,6-7,12-13,15H,5,8-10H2,1H3/t12-,13+/m0/s1. The van der Waals surface area contributed by atoms with Crippen LogP contribution in [0.4, 0.5) is 0 Å². The van der Waals surface area contributed by atoms with E-state index in [0.717, 1.165) is 19.3 Å². The number of piperidine rings is 1. The van der Waals surface area contributed by atoms with Gasteiger partial charge in [0.25, 0.3) is 0 Å². The summed E-state index contributed by atoms with van der Waals surface area (Å²) in [5.41, 5.74) is 1.31. The van der Waals surface area contributed by atoms with Gasteiger partial charge in [0.1, 0.15) is 0 Å². The van der Waals surface area contributed by atoms with Crippen molar-refractivity contribution in [2.75, 3.05) is 7.11 Å². The van der Waals surface area contributed by atoms with Crippen molar-refractivity contribution in [2.45, 2.75) is 37.8 Å². The predicted molar refractivity (Wildman–Crippen MR) is 66.6 cm³/mol. The molecule has 0 aliphatic carbocycles. The SMILES string of the molecule is COC(=O)C[C@@H]1CCC[C@H](c2ccccc2)N1. The Morgan fingerprint density at radius 2 is 2.12 bits per heavy atom. The van der Waals surface area contributed by atoms with Crippen LogP contribution in [0, 0.1) is 0 Å². The van der Waals surface area contributed by atoms with Crippen molar-refractivity contribution in [3.8, 4) is 0 Å². The third-order valence-corrected chi connectivity index (χ3v) is 3.32. The van der Waals surface area contributed by atoms with Crippen LogP contribution in [0.3, 0.4) is 0 Å². The van der Waals surface area contributed by atoms with Crippen LogP contribution in [0.1, 0.15) is 37.3 Å². The number of benzene rings is 1. The largest absolute Gasteiger partial charge is 0.469 e. The molecule has 92 valence electrons. The van der Waals surface area contributed by atoms with Crippen molar-refractivity contribution in [2.24, 2.45) is 0 Å². The van der Waals surface area contributed by atoms with E-state index in [1.54, 1.807) is 0 Å². The van der Waals surface area contributed by atoms with Gasteiger partial charge in [-0.2, -0.15) is 0 Å². The first-order valence-corrected chi connectivity index (χ1v) is 6.17. The van der Waals surface area contributed by atoms with E-state index in [1.165, 1.54) is 12.7 Å². The molecule has 1 aromatic carbocycles. The number of hydrogen-bond donors (Lipinski definition) is 1. The Morgan fingerprint density at radius 1 is 1.35 bits per heavy atom. The summed E-state index contributed by atoms with van der Waals surface area (Å²) in [5.74, 6) is -0.129. The first-order chi connectivity index (χ1) is 8.29. The van der Waals surface area contributed by atoms with Gasteiger partial charge in [0.2, 0.25) is 0 Å². The average Bonchev–Trinajstić information content (AvgIpc) is 2.40. The van der Waals surface area contributed by atoms with Crippen LogP contribution in [-0.4, -0.2) is 19.1 Å². The molecule has 0 aromatic heterocycles. The minimum atomic E-state index is -0.129. The van der Waals surface area contributed by atoms with Crippen molar-refractivity contribution >= 4 is 5.97 Å². The first-order valence-electron chi connectivity index (χ1n) is 6.17. The van der Waals surface area contributed by atoms with Crippen LogP contribution in [0.5, 0.6) is 0 Å². The van der Waals surface area contributed by atoms with E-state index >= 15 is 0 Å². The van der Waals surface area contributed by atoms with Crippen LogP contribution in [0.25, 0.3) is 0 Å². The van der Waals surface area contributed by atoms with E-state index in [4.69, 9.17) is 4.74 Å². The molecule has 17 heavy (non-hydrogen) atoms. The highest BCUT2D eigenvalue weighted by molar-refractivity contribution is 5.69. The van der Waals surface area contributed by atoms with Gasteiger partial charge in [0.05, 0.1) is 13.5 Å². The van der Waals surface area contributed by atoms with Crippen molar-refractivity contribution in [3.05, 3.63) is 35.9 Å². The zero-order chi connectivity index (χ0) is 12.1. The van der Waals surface area contributed by atoms with Crippen molar-refractivity contribution in [1.29, 1.82) is 0 Å². The second-order valence-corrected chi connectivity index (χ2v) is 4.54. The number of methoxy groups -OCH3 is 1. The van der Waals surface area contributed by atoms with Gasteiger partial charge in [-0.25, -0.2) is 0 Å². The van der Waals surface area contributed by atoms with Gasteiger partial charge in [-0.1, -0.05) is 30.3 Å². The molecule has 0 bridgehead atoms. The molecule has 2 atom stereocenters. The van der Waals surface area contributed by atoms with Crippen molar-refractivity contribution < 1.29 is 9.53 Å². The van der Waals surface area contributed by atoms with Crippen LogP contribution < -0.4 is 5.32 Å². The minimum Gasteiger partial charge on any atom is -0.469 e. The third-order valence-electron chi connectivity index (χ3n) is 3.32. The molecule has 1 aliphatic rings. The molecule has 0 spiro atoms. The molecule has 1 saturated heterocycles. The van der Waals surface area contributed by atoms with E-state index in [0.29, 0.717) is 12.5 Å². The average molecular weight is 233 g/mol. The topological polar surface area (TPSA) is 38.3 Å². The van der Waals surface area contributed by atoms with Gasteiger partial charge in [0, 0.05) is 12.1 Å². The molecular formula is C14H19NO2. The summed E-state index contributed by atoms with van der Waals surface area (Å²) in [6, 6.07) is 11.0. The molecule has 3 heteroatoms. The highest BCUT2D eigenvalue weighted by Crippen LogP contribution is 2.26. The van der Waals surface area contributed by atoms with E-state index in [-0.39, 0.29) is 12.0 Å². The fraction of sp³-hybridized carbons (Fsp3) is 0.500. The summed E-state index contributed by atoms with van der Waals surface area (Å²) >= 11 is 0. The van der Waals surface area contributed by atoms with Crippen LogP contribution >= 0.6 is 0 Å². The van der Waals surface area contributed by atoms with Gasteiger partial charge in [0.15, 0.2) is 0 Å². The molecule has 3 nitrogen and oxygen atoms in total. The highest BCUT2D eigenvalue weighted by Gasteiger charge is 2.23. The number of nitrogens with one attached hydrogen (secondary N) is 1. The molecule has 1 fully saturated rings. The van der Waals surface area contributed by atoms with Crippen molar-refractivity contribution in [1.82, 2.24) is 5.32 Å². The Morgan fingerprint density at radius 3 is 2.82 bits per heavy atom. The summed E-state index contributed by atoms with van der Waals surface area (Å²) in [6.45, 7) is 0. The smallest absolute Gasteiger partial charge is 0.307 e. The maximum absolute atomic E-state index is 11.3. The molecule has 1 heterocycles. The number of esters is 1. The summed E-state index contributed by atoms with van der Waals surface area (Å²) < 4.78 is 4.71. The maximum atomic E-state index is 11.3. The van der Waals surface area contributed by atoms with E-state index in [1.807, 2.05) is 6.07 Å². The number of hydrogen-bond acceptors (Lipinski definition) is 3. The molecule has 2 rings (SSSR count). The van der Waals surface area contributed by atoms with Crippen LogP contribution in [0.2, 0.25) is 0 Å². The van der Waals surface area contributed by atoms with E-state index < -0.39 is 0 Å². The Balaban J connectivity index is 1.95. The van der Waals surface area contributed by atoms with Gasteiger partial charge >= 0.3 is 5.97 Å². The molecular weight excluding hydrogens is 214 g/mol. The summed E-state index contributed by atoms with van der Waals surface area (Å²) in [4.78, 5) is 11.3. The Kier molecular flexibility index (Phi) is 4.15. The second-order valence-electron chi connectivity index (χ2n) is 4.54. The second kappa shape index (κ2) is 5.82. The van der Waals surface area contributed by atoms with Crippen LogP contribution in [-0.2, 0) is 9.53 Å². The minimum absolute atomic E-state index is 0.129. The fourth-order valence-electron chi connectivity index (χ4n) is 2.41. The zero-order valence-electron chi connectivity index (χ0n) is 10.2. The normalized spacial score (nSPS) is 24.3. The lowest BCUT2D eigenvalue weighted by molar-refractivity contribution is -0.141. The lowest BCUT2D eigenvalue weighted by atomic mass is 9.92. The Labute approximate surface area is 102 Å². The Bertz CT molecular complexity index is 364. The number of ether oxygens (including phenoxy) is 1. The van der Waals surface area contributed by atoms with Gasteiger partial charge in [-0.05, 0) is 24.8 Å². The van der Waals surface area contributed by atoms with Gasteiger partial charge in [-0.15, -0.1) is 0 Å². The lowest BCUT2D eigenvalue weighted by Gasteiger charge is -2.30. The Hall–Kier alpha value is -1.35. The maximum Gasteiger partial charge on any atom is 0.307 e. The molecule has 0 amide bonds. The van der Waals surface area contributed by atoms with Gasteiger partial charge < -0.3 is 10.1 Å². The van der Waals surface area contributed by atoms with E-state index in [9.17, 15) is 4.79 Å². The molecule has 0 saturated carbocycles. The molecule has 1 aliphatic heterocycles. The summed E-state index contributed by atoms with van der Waals surface area (Å²) in [7, 11) is 1.44. The van der Waals surface area contributed by atoms with Gasteiger partial charge in [-0.3, -0.25) is 4.79 Å². The molecule has 0 unspecified atom stereocenters. The predicted octanol–water partition coefficient (Wildman–Crippen LogP) is 2.43. The highest BCUT2D eigenvalue weighted by atomic mass is 16.5. The van der Waals surface area contributed by atoms with E-state index in [2.05, 4.69) is 29.6 Å². The molecule has 1 aromatic rings. The molecule has 0 radical (unpaired) electrons. The quantitative estimate of drug-likeness (QED) is 0.815. The summed E-state index contributed by atoms with van der Waals surface area (Å²) in [6.07, 6.45) is 3.83. The third kappa shape index (κ3) is 3.30. The van der Waals surface area contributed by atoms with Crippen LogP contribution in [0.15, 0.2) is 30.3 Å². The lowest BCUT2D eigenvalue weighted by Crippen LogP contribution is -2.38. The number of carbonyl (C=O) groups is 1. The monoisotopic (exact) mass is 233 g/mol. The number of rotatable bonds is 3. The number of carbonyl (C=O) groups excluding carboxylic acids is 1. The first kappa shape index (κ1) is 12.1.